The molecule has 0 radical (unpaired) electrons. The van der Waals surface area contributed by atoms with Crippen molar-refractivity contribution >= 4 is 20.2 Å². The molecule has 0 aromatic rings. The normalized spacial score (nSPS) is 38.2. The molecule has 2 unspecified atom stereocenters. The van der Waals surface area contributed by atoms with Gasteiger partial charge in [0.1, 0.15) is 0 Å². The average molecular weight is 169 g/mol. The molecule has 1 N–H and O–H groups in total. The summed E-state index contributed by atoms with van der Waals surface area (Å²) in [6.07, 6.45) is 2.84. The molecule has 0 amide bonds. The van der Waals surface area contributed by atoms with E-state index in [1.54, 1.807) is 7.11 Å². The van der Waals surface area contributed by atoms with Crippen LogP contribution in [0.25, 0.3) is 0 Å². The number of hydrogen-bond donors (Lipinski definition) is 1. The minimum absolute atomic E-state index is 0.243. The van der Waals surface area contributed by atoms with Gasteiger partial charge in [0.15, 0.2) is 0 Å². The van der Waals surface area contributed by atoms with E-state index in [4.69, 9.17) is 4.74 Å². The van der Waals surface area contributed by atoms with E-state index >= 15 is 0 Å². The van der Waals surface area contributed by atoms with Gasteiger partial charge in [-0.1, -0.05) is 0 Å². The predicted octanol–water partition coefficient (Wildman–Crippen LogP) is 0.236. The summed E-state index contributed by atoms with van der Waals surface area (Å²) >= 11 is 0.243. The van der Waals surface area contributed by atoms with Crippen LogP contribution >= 0.6 is 0 Å². The third-order valence-electron chi connectivity index (χ3n) is 2.32. The molecule has 2 nitrogen and oxygen atoms in total. The van der Waals surface area contributed by atoms with E-state index < -0.39 is 0 Å². The zero-order valence-electron chi connectivity index (χ0n) is 7.34. The molecule has 1 saturated heterocycles. The Balaban J connectivity index is 2.47. The standard InChI is InChI=1S/C7H14NO.CH2.Al/c1-6-3-4-7(9-2)5-8-6;;/h5-8H,3-4H2,1-2H3;1H2;/t6-,7?;;/m0../s1. The zero-order valence-corrected chi connectivity index (χ0v) is 8.49. The van der Waals surface area contributed by atoms with Crippen molar-refractivity contribution in [3.8, 4) is 0 Å². The van der Waals surface area contributed by atoms with Crippen LogP contribution in [0.1, 0.15) is 19.8 Å². The van der Waals surface area contributed by atoms with Gasteiger partial charge >= 0.3 is 74.1 Å². The van der Waals surface area contributed by atoms with Gasteiger partial charge in [-0.05, 0) is 0 Å². The quantitative estimate of drug-likeness (QED) is 0.598. The number of hydrogen-bond acceptors (Lipinski definition) is 2. The van der Waals surface area contributed by atoms with Gasteiger partial charge < -0.3 is 0 Å². The van der Waals surface area contributed by atoms with Gasteiger partial charge in [-0.25, -0.2) is 0 Å². The topological polar surface area (TPSA) is 21.3 Å². The van der Waals surface area contributed by atoms with Crippen molar-refractivity contribution in [3.63, 3.8) is 0 Å². The Hall–Kier alpha value is 0.322. The van der Waals surface area contributed by atoms with Gasteiger partial charge in [0.05, 0.1) is 0 Å². The SMILES string of the molecule is [CH2]=[Al][CH]1N[C@@H](C)CCC1OC. The number of rotatable bonds is 2. The van der Waals surface area contributed by atoms with Gasteiger partial charge in [-0.2, -0.15) is 0 Å². The van der Waals surface area contributed by atoms with Crippen LogP contribution in [0.4, 0.5) is 0 Å². The van der Waals surface area contributed by atoms with E-state index in [1.165, 1.54) is 12.8 Å². The first-order valence-electron chi connectivity index (χ1n) is 4.19. The summed E-state index contributed by atoms with van der Waals surface area (Å²) < 4.78 is 5.36. The first-order valence-corrected chi connectivity index (χ1v) is 5.67. The Morgan fingerprint density at radius 3 is 2.82 bits per heavy atom. The molecule has 62 valence electrons. The van der Waals surface area contributed by atoms with Crippen LogP contribution < -0.4 is 5.32 Å². The predicted molar refractivity (Wildman–Crippen MR) is 49.3 cm³/mol. The Morgan fingerprint density at radius 1 is 1.55 bits per heavy atom. The first-order chi connectivity index (χ1) is 5.27. The Kier molecular flexibility index (Phi) is 3.74. The molecular formula is C8H16AlNO. The van der Waals surface area contributed by atoms with Crippen LogP contribution in [0.5, 0.6) is 0 Å². The van der Waals surface area contributed by atoms with Crippen molar-refractivity contribution < 1.29 is 4.74 Å². The number of ether oxygens (including phenoxy) is 1. The maximum absolute atomic E-state index is 5.36. The van der Waals surface area contributed by atoms with Crippen LogP contribution in [0.2, 0.25) is 0 Å². The van der Waals surface area contributed by atoms with Crippen molar-refractivity contribution in [2.75, 3.05) is 7.11 Å². The van der Waals surface area contributed by atoms with Gasteiger partial charge in [-0.3, -0.25) is 0 Å². The molecule has 3 heteroatoms. The fourth-order valence-corrected chi connectivity index (χ4v) is 2.72. The van der Waals surface area contributed by atoms with Crippen LogP contribution in [-0.4, -0.2) is 44.3 Å². The summed E-state index contributed by atoms with van der Waals surface area (Å²) in [6.45, 7) is 2.23. The van der Waals surface area contributed by atoms with Gasteiger partial charge in [0, 0.05) is 0 Å². The van der Waals surface area contributed by atoms with E-state index in [9.17, 15) is 0 Å². The van der Waals surface area contributed by atoms with Crippen LogP contribution in [0, 0.1) is 0 Å². The van der Waals surface area contributed by atoms with Crippen molar-refractivity contribution in [2.45, 2.75) is 36.8 Å². The third kappa shape index (κ3) is 2.38. The fraction of sp³-hybridized carbons (Fsp3) is 0.875. The van der Waals surface area contributed by atoms with E-state index in [1.807, 2.05) is 0 Å². The van der Waals surface area contributed by atoms with Crippen LogP contribution in [-0.2, 0) is 4.74 Å². The Labute approximate surface area is 74.6 Å². The second-order valence-corrected chi connectivity index (χ2v) is 4.37. The minimum atomic E-state index is 0.243. The summed E-state index contributed by atoms with van der Waals surface area (Å²) in [5.41, 5.74) is 0. The molecule has 0 bridgehead atoms. The van der Waals surface area contributed by atoms with Gasteiger partial charge in [-0.15, -0.1) is 0 Å². The maximum atomic E-state index is 5.36. The van der Waals surface area contributed by atoms with Gasteiger partial charge in [0.25, 0.3) is 0 Å². The zero-order chi connectivity index (χ0) is 8.27. The third-order valence-corrected chi connectivity index (χ3v) is 3.45. The molecule has 0 aromatic heterocycles. The van der Waals surface area contributed by atoms with Crippen molar-refractivity contribution in [1.29, 1.82) is 0 Å². The Morgan fingerprint density at radius 2 is 2.27 bits per heavy atom. The molecule has 1 aliphatic heterocycles. The molecule has 1 aliphatic rings. The molecule has 0 aromatic carbocycles. The van der Waals surface area contributed by atoms with Crippen molar-refractivity contribution in [1.82, 2.24) is 5.32 Å². The van der Waals surface area contributed by atoms with Crippen molar-refractivity contribution in [3.05, 3.63) is 0 Å². The molecule has 3 atom stereocenters. The second kappa shape index (κ2) is 4.37. The molecular weight excluding hydrogens is 153 g/mol. The molecule has 0 saturated carbocycles. The Bertz CT molecular complexity index is 140. The first kappa shape index (κ1) is 9.41. The van der Waals surface area contributed by atoms with E-state index in [-0.39, 0.29) is 14.8 Å². The summed E-state index contributed by atoms with van der Waals surface area (Å²) in [4.78, 5) is 0.545. The summed E-state index contributed by atoms with van der Waals surface area (Å²) in [6, 6.07) is 0.653. The van der Waals surface area contributed by atoms with E-state index in [0.717, 1.165) is 0 Å². The van der Waals surface area contributed by atoms with E-state index in [0.29, 0.717) is 17.0 Å². The molecule has 1 heterocycles. The molecule has 0 aliphatic carbocycles. The summed E-state index contributed by atoms with van der Waals surface area (Å²) in [7, 11) is 1.80. The number of methoxy groups -OCH3 is 1. The number of piperidine rings is 1. The second-order valence-electron chi connectivity index (χ2n) is 3.18. The number of nitrogens with one attached hydrogen (secondary N) is 1. The summed E-state index contributed by atoms with van der Waals surface area (Å²) in [5.74, 6) is 0. The molecule has 0 spiro atoms. The van der Waals surface area contributed by atoms with Crippen LogP contribution in [0.15, 0.2) is 0 Å². The fourth-order valence-electron chi connectivity index (χ4n) is 1.60. The summed E-state index contributed by atoms with van der Waals surface area (Å²) in [5, 5.41) is 7.50. The monoisotopic (exact) mass is 169 g/mol. The van der Waals surface area contributed by atoms with Crippen molar-refractivity contribution in [2.24, 2.45) is 0 Å². The molecule has 11 heavy (non-hydrogen) atoms. The van der Waals surface area contributed by atoms with E-state index in [2.05, 4.69) is 17.6 Å². The van der Waals surface area contributed by atoms with Crippen LogP contribution in [0.3, 0.4) is 0 Å². The molecule has 1 rings (SSSR count). The average Bonchev–Trinajstić information content (AvgIpc) is 2.04. The molecule has 1 fully saturated rings. The van der Waals surface area contributed by atoms with Gasteiger partial charge in [0.2, 0.25) is 0 Å².